The van der Waals surface area contributed by atoms with Gasteiger partial charge in [0.05, 0.1) is 19.3 Å². The number of ether oxygens (including phenoxy) is 1. The van der Waals surface area contributed by atoms with E-state index < -0.39 is 10.0 Å². The molecule has 1 aliphatic rings. The quantitative estimate of drug-likeness (QED) is 0.811. The fourth-order valence-corrected chi connectivity index (χ4v) is 3.75. The summed E-state index contributed by atoms with van der Waals surface area (Å²) in [4.78, 5) is 14.2. The standard InChI is InChI=1S/C16H24N2O4S/c1-17(11-13-6-8-15(22-2)9-7-13)16(19)14-5-4-10-18(12-14)23(3,20)21/h6-9,14H,4-5,10-12H2,1-3H3. The third kappa shape index (κ3) is 4.68. The van der Waals surface area contributed by atoms with Crippen LogP contribution in [0.2, 0.25) is 0 Å². The van der Waals surface area contributed by atoms with Crippen LogP contribution in [0.4, 0.5) is 0 Å². The lowest BCUT2D eigenvalue weighted by atomic mass is 9.98. The van der Waals surface area contributed by atoms with Crippen LogP contribution in [0.5, 0.6) is 5.75 Å². The number of piperidine rings is 1. The molecule has 1 aromatic carbocycles. The number of rotatable bonds is 5. The number of benzene rings is 1. The fourth-order valence-electron chi connectivity index (χ4n) is 2.84. The van der Waals surface area contributed by atoms with E-state index in [4.69, 9.17) is 4.74 Å². The van der Waals surface area contributed by atoms with Crippen LogP contribution in [0.1, 0.15) is 18.4 Å². The number of carbonyl (C=O) groups is 1. The molecule has 0 radical (unpaired) electrons. The monoisotopic (exact) mass is 340 g/mol. The zero-order valence-electron chi connectivity index (χ0n) is 13.9. The Bertz CT molecular complexity index is 643. The van der Waals surface area contributed by atoms with Gasteiger partial charge < -0.3 is 9.64 Å². The summed E-state index contributed by atoms with van der Waals surface area (Å²) < 4.78 is 29.9. The number of hydrogen-bond acceptors (Lipinski definition) is 4. The second kappa shape index (κ2) is 7.31. The minimum Gasteiger partial charge on any atom is -0.497 e. The Morgan fingerprint density at radius 2 is 2.00 bits per heavy atom. The van der Waals surface area contributed by atoms with E-state index in [-0.39, 0.29) is 18.4 Å². The Hall–Kier alpha value is -1.60. The molecule has 0 N–H and O–H groups in total. The maximum absolute atomic E-state index is 12.6. The largest absolute Gasteiger partial charge is 0.497 e. The van der Waals surface area contributed by atoms with E-state index in [1.165, 1.54) is 10.6 Å². The lowest BCUT2D eigenvalue weighted by Crippen LogP contribution is -2.45. The smallest absolute Gasteiger partial charge is 0.227 e. The van der Waals surface area contributed by atoms with Gasteiger partial charge >= 0.3 is 0 Å². The van der Waals surface area contributed by atoms with Crippen LogP contribution >= 0.6 is 0 Å². The van der Waals surface area contributed by atoms with E-state index in [1.807, 2.05) is 24.3 Å². The maximum atomic E-state index is 12.6. The van der Waals surface area contributed by atoms with Crippen LogP contribution in [-0.2, 0) is 21.4 Å². The highest BCUT2D eigenvalue weighted by Crippen LogP contribution is 2.21. The molecule has 23 heavy (non-hydrogen) atoms. The molecule has 1 fully saturated rings. The highest BCUT2D eigenvalue weighted by atomic mass is 32.2. The zero-order chi connectivity index (χ0) is 17.0. The predicted octanol–water partition coefficient (Wildman–Crippen LogP) is 1.33. The van der Waals surface area contributed by atoms with Crippen molar-refractivity contribution in [3.05, 3.63) is 29.8 Å². The molecule has 0 aromatic heterocycles. The van der Waals surface area contributed by atoms with Gasteiger partial charge in [-0.25, -0.2) is 12.7 Å². The molecule has 0 saturated carbocycles. The number of nitrogens with zero attached hydrogens (tertiary/aromatic N) is 2. The SMILES string of the molecule is COc1ccc(CN(C)C(=O)C2CCCN(S(C)(=O)=O)C2)cc1. The minimum atomic E-state index is -3.24. The lowest BCUT2D eigenvalue weighted by Gasteiger charge is -2.32. The number of sulfonamides is 1. The first-order valence-electron chi connectivity index (χ1n) is 7.64. The van der Waals surface area contributed by atoms with E-state index >= 15 is 0 Å². The third-order valence-electron chi connectivity index (χ3n) is 4.16. The highest BCUT2D eigenvalue weighted by Gasteiger charge is 2.31. The molecule has 0 bridgehead atoms. The number of amides is 1. The van der Waals surface area contributed by atoms with Gasteiger partial charge in [-0.2, -0.15) is 0 Å². The van der Waals surface area contributed by atoms with Crippen molar-refractivity contribution in [3.63, 3.8) is 0 Å². The molecule has 1 heterocycles. The van der Waals surface area contributed by atoms with Crippen molar-refractivity contribution in [3.8, 4) is 5.75 Å². The first-order valence-corrected chi connectivity index (χ1v) is 9.49. The Labute approximate surface area is 138 Å². The summed E-state index contributed by atoms with van der Waals surface area (Å²) in [6.07, 6.45) is 2.65. The highest BCUT2D eigenvalue weighted by molar-refractivity contribution is 7.88. The van der Waals surface area contributed by atoms with Crippen molar-refractivity contribution >= 4 is 15.9 Å². The van der Waals surface area contributed by atoms with Gasteiger partial charge in [-0.3, -0.25) is 4.79 Å². The summed E-state index contributed by atoms with van der Waals surface area (Å²) in [5.74, 6) is 0.509. The molecule has 1 amide bonds. The van der Waals surface area contributed by atoms with Crippen molar-refractivity contribution < 1.29 is 17.9 Å². The molecule has 1 unspecified atom stereocenters. The molecule has 6 nitrogen and oxygen atoms in total. The minimum absolute atomic E-state index is 0.00540. The second-order valence-electron chi connectivity index (χ2n) is 6.00. The number of hydrogen-bond donors (Lipinski definition) is 0. The number of methoxy groups -OCH3 is 1. The van der Waals surface area contributed by atoms with Crippen LogP contribution in [0.3, 0.4) is 0 Å². The molecule has 2 rings (SSSR count). The second-order valence-corrected chi connectivity index (χ2v) is 7.98. The van der Waals surface area contributed by atoms with Crippen molar-refractivity contribution in [2.24, 2.45) is 5.92 Å². The molecular weight excluding hydrogens is 316 g/mol. The molecule has 1 saturated heterocycles. The molecule has 0 aliphatic carbocycles. The van der Waals surface area contributed by atoms with Gasteiger partial charge in [0.25, 0.3) is 0 Å². The normalized spacial score (nSPS) is 19.3. The lowest BCUT2D eigenvalue weighted by molar-refractivity contribution is -0.135. The first kappa shape index (κ1) is 17.7. The van der Waals surface area contributed by atoms with E-state index in [0.29, 0.717) is 13.1 Å². The van der Waals surface area contributed by atoms with Crippen LogP contribution in [-0.4, -0.2) is 57.0 Å². The Balaban J connectivity index is 1.98. The van der Waals surface area contributed by atoms with E-state index in [9.17, 15) is 13.2 Å². The van der Waals surface area contributed by atoms with Gasteiger partial charge in [0.2, 0.25) is 15.9 Å². The Morgan fingerprint density at radius 3 is 2.57 bits per heavy atom. The molecule has 1 aromatic rings. The Kier molecular flexibility index (Phi) is 5.64. The van der Waals surface area contributed by atoms with Crippen molar-refractivity contribution in [1.29, 1.82) is 0 Å². The van der Waals surface area contributed by atoms with Gasteiger partial charge in [-0.1, -0.05) is 12.1 Å². The molecule has 128 valence electrons. The summed E-state index contributed by atoms with van der Waals surface area (Å²) in [6.45, 7) is 1.29. The summed E-state index contributed by atoms with van der Waals surface area (Å²) >= 11 is 0. The van der Waals surface area contributed by atoms with Gasteiger partial charge in [-0.05, 0) is 30.5 Å². The summed E-state index contributed by atoms with van der Waals surface area (Å²) in [7, 11) is 0.132. The fraction of sp³-hybridized carbons (Fsp3) is 0.562. The van der Waals surface area contributed by atoms with Gasteiger partial charge in [0.15, 0.2) is 0 Å². The molecule has 1 aliphatic heterocycles. The van der Waals surface area contributed by atoms with Gasteiger partial charge in [-0.15, -0.1) is 0 Å². The topological polar surface area (TPSA) is 66.9 Å². The van der Waals surface area contributed by atoms with E-state index in [2.05, 4.69) is 0 Å². The average molecular weight is 340 g/mol. The Morgan fingerprint density at radius 1 is 1.35 bits per heavy atom. The van der Waals surface area contributed by atoms with Crippen molar-refractivity contribution in [1.82, 2.24) is 9.21 Å². The molecule has 0 spiro atoms. The third-order valence-corrected chi connectivity index (χ3v) is 5.43. The molecule has 7 heteroatoms. The summed E-state index contributed by atoms with van der Waals surface area (Å²) in [5.41, 5.74) is 1.01. The number of carbonyl (C=O) groups excluding carboxylic acids is 1. The van der Waals surface area contributed by atoms with Crippen LogP contribution in [0.25, 0.3) is 0 Å². The van der Waals surface area contributed by atoms with Crippen LogP contribution in [0.15, 0.2) is 24.3 Å². The molecule has 1 atom stereocenters. The van der Waals surface area contributed by atoms with Crippen LogP contribution < -0.4 is 4.74 Å². The van der Waals surface area contributed by atoms with Gasteiger partial charge in [0, 0.05) is 26.7 Å². The van der Waals surface area contributed by atoms with Crippen LogP contribution in [0, 0.1) is 5.92 Å². The van der Waals surface area contributed by atoms with Crippen molar-refractivity contribution in [2.75, 3.05) is 33.5 Å². The molecular formula is C16H24N2O4S. The average Bonchev–Trinajstić information content (AvgIpc) is 2.54. The maximum Gasteiger partial charge on any atom is 0.227 e. The van der Waals surface area contributed by atoms with Gasteiger partial charge in [0.1, 0.15) is 5.75 Å². The first-order chi connectivity index (χ1) is 10.8. The van der Waals surface area contributed by atoms with Crippen molar-refractivity contribution in [2.45, 2.75) is 19.4 Å². The van der Waals surface area contributed by atoms with E-state index in [0.717, 1.165) is 24.2 Å². The van der Waals surface area contributed by atoms with E-state index in [1.54, 1.807) is 19.1 Å². The summed E-state index contributed by atoms with van der Waals surface area (Å²) in [6, 6.07) is 7.57. The zero-order valence-corrected chi connectivity index (χ0v) is 14.7. The summed E-state index contributed by atoms with van der Waals surface area (Å²) in [5, 5.41) is 0. The predicted molar refractivity (Wildman–Crippen MR) is 88.6 cm³/mol.